The largest absolute Gasteiger partial charge is 0.329 e. The Morgan fingerprint density at radius 2 is 1.78 bits per heavy atom. The third-order valence-corrected chi connectivity index (χ3v) is 6.00. The smallest absolute Gasteiger partial charge is 0.0337 e. The molecule has 2 N–H and O–H groups in total. The summed E-state index contributed by atoms with van der Waals surface area (Å²) in [6.45, 7) is 12.9. The van der Waals surface area contributed by atoms with Gasteiger partial charge in [-0.3, -0.25) is 4.90 Å². The van der Waals surface area contributed by atoms with Gasteiger partial charge in [-0.25, -0.2) is 0 Å². The fourth-order valence-electron chi connectivity index (χ4n) is 4.10. The van der Waals surface area contributed by atoms with E-state index in [1.807, 2.05) is 0 Å². The van der Waals surface area contributed by atoms with Gasteiger partial charge in [0, 0.05) is 35.7 Å². The molecule has 1 saturated heterocycles. The van der Waals surface area contributed by atoms with E-state index in [0.717, 1.165) is 17.0 Å². The Hall–Kier alpha value is 0.270. The van der Waals surface area contributed by atoms with Gasteiger partial charge in [-0.1, -0.05) is 34.1 Å². The van der Waals surface area contributed by atoms with Crippen LogP contribution in [-0.2, 0) is 0 Å². The van der Waals surface area contributed by atoms with Crippen LogP contribution in [0.15, 0.2) is 0 Å². The lowest BCUT2D eigenvalue weighted by Crippen LogP contribution is -2.61. The van der Waals surface area contributed by atoms with E-state index in [1.54, 1.807) is 0 Å². The molecule has 2 rings (SSSR count). The normalized spacial score (nSPS) is 41.8. The van der Waals surface area contributed by atoms with Crippen LogP contribution < -0.4 is 5.73 Å². The molecule has 2 fully saturated rings. The maximum Gasteiger partial charge on any atom is 0.0337 e. The number of nitrogens with two attached hydrogens (primary N) is 1. The first-order chi connectivity index (χ1) is 8.37. The second-order valence-electron chi connectivity index (χ2n) is 7.29. The average Bonchev–Trinajstić information content (AvgIpc) is 2.26. The van der Waals surface area contributed by atoms with E-state index in [0.29, 0.717) is 5.41 Å². The molecule has 0 bridgehead atoms. The van der Waals surface area contributed by atoms with E-state index in [4.69, 9.17) is 5.73 Å². The molecule has 1 aliphatic carbocycles. The van der Waals surface area contributed by atoms with Crippen molar-refractivity contribution in [2.75, 3.05) is 19.6 Å². The predicted octanol–water partition coefficient (Wildman–Crippen LogP) is 3.11. The van der Waals surface area contributed by atoms with E-state index in [1.165, 1.54) is 38.8 Å². The summed E-state index contributed by atoms with van der Waals surface area (Å²) in [6.07, 6.45) is 5.29. The van der Waals surface area contributed by atoms with Crippen molar-refractivity contribution in [1.82, 2.24) is 4.90 Å². The molecule has 0 radical (unpaired) electrons. The van der Waals surface area contributed by atoms with Crippen molar-refractivity contribution in [1.29, 1.82) is 0 Å². The Morgan fingerprint density at radius 1 is 1.17 bits per heavy atom. The number of rotatable bonds is 2. The van der Waals surface area contributed by atoms with Crippen LogP contribution in [0.1, 0.15) is 53.4 Å². The van der Waals surface area contributed by atoms with Crippen LogP contribution in [0, 0.1) is 5.41 Å². The van der Waals surface area contributed by atoms with Crippen LogP contribution in [0.3, 0.4) is 0 Å². The second kappa shape index (κ2) is 5.34. The second-order valence-corrected chi connectivity index (χ2v) is 9.17. The molecule has 3 unspecified atom stereocenters. The lowest BCUT2D eigenvalue weighted by molar-refractivity contribution is 0.00880. The molecule has 0 spiro atoms. The minimum atomic E-state index is 0.283. The lowest BCUT2D eigenvalue weighted by Gasteiger charge is -2.53. The molecule has 3 heteroatoms. The summed E-state index contributed by atoms with van der Waals surface area (Å²) in [4.78, 5) is 2.74. The van der Waals surface area contributed by atoms with E-state index >= 15 is 0 Å². The number of thioether (sulfide) groups is 1. The van der Waals surface area contributed by atoms with Crippen LogP contribution >= 0.6 is 11.8 Å². The predicted molar refractivity (Wildman–Crippen MR) is 82.1 cm³/mol. The third kappa shape index (κ3) is 3.05. The SMILES string of the molecule is CC1CN(C2(CN)CCCC(C)(C)C2)CC(C)S1. The zero-order valence-corrected chi connectivity index (χ0v) is 13.4. The molecule has 106 valence electrons. The summed E-state index contributed by atoms with van der Waals surface area (Å²) < 4.78 is 0. The third-order valence-electron chi connectivity index (χ3n) is 4.77. The summed E-state index contributed by atoms with van der Waals surface area (Å²) in [6, 6.07) is 0. The van der Waals surface area contributed by atoms with Gasteiger partial charge in [0.05, 0.1) is 0 Å². The van der Waals surface area contributed by atoms with E-state index in [2.05, 4.69) is 44.4 Å². The van der Waals surface area contributed by atoms with Crippen molar-refractivity contribution in [3.05, 3.63) is 0 Å². The molecule has 1 saturated carbocycles. The summed E-state index contributed by atoms with van der Waals surface area (Å²) in [5.74, 6) is 0. The number of nitrogens with zero attached hydrogens (tertiary/aromatic N) is 1. The van der Waals surface area contributed by atoms with Crippen LogP contribution in [0.25, 0.3) is 0 Å². The topological polar surface area (TPSA) is 29.3 Å². The first-order valence-electron chi connectivity index (χ1n) is 7.47. The molecule has 1 aliphatic heterocycles. The molecular weight excluding hydrogens is 240 g/mol. The van der Waals surface area contributed by atoms with Crippen molar-refractivity contribution in [2.24, 2.45) is 11.1 Å². The molecule has 2 nitrogen and oxygen atoms in total. The molecule has 2 aliphatic rings. The Labute approximate surface area is 117 Å². The lowest BCUT2D eigenvalue weighted by atomic mass is 9.67. The Morgan fingerprint density at radius 3 is 2.28 bits per heavy atom. The quantitative estimate of drug-likeness (QED) is 0.836. The van der Waals surface area contributed by atoms with Gasteiger partial charge in [0.1, 0.15) is 0 Å². The monoisotopic (exact) mass is 270 g/mol. The van der Waals surface area contributed by atoms with Gasteiger partial charge in [-0.05, 0) is 24.7 Å². The zero-order chi connectivity index (χ0) is 13.4. The zero-order valence-electron chi connectivity index (χ0n) is 12.5. The van der Waals surface area contributed by atoms with E-state index in [-0.39, 0.29) is 5.54 Å². The average molecular weight is 270 g/mol. The number of hydrogen-bond donors (Lipinski definition) is 1. The molecule has 0 aromatic heterocycles. The van der Waals surface area contributed by atoms with Crippen LogP contribution in [0.2, 0.25) is 0 Å². The maximum absolute atomic E-state index is 6.23. The van der Waals surface area contributed by atoms with Gasteiger partial charge in [-0.2, -0.15) is 11.8 Å². The Balaban J connectivity index is 2.15. The van der Waals surface area contributed by atoms with Crippen LogP contribution in [0.5, 0.6) is 0 Å². The van der Waals surface area contributed by atoms with Crippen molar-refractivity contribution < 1.29 is 0 Å². The molecule has 0 aromatic rings. The molecule has 0 amide bonds. The molecular formula is C15H30N2S. The van der Waals surface area contributed by atoms with E-state index in [9.17, 15) is 0 Å². The van der Waals surface area contributed by atoms with Gasteiger partial charge in [-0.15, -0.1) is 0 Å². The minimum Gasteiger partial charge on any atom is -0.329 e. The summed E-state index contributed by atoms with van der Waals surface area (Å²) in [7, 11) is 0. The van der Waals surface area contributed by atoms with Crippen molar-refractivity contribution in [3.8, 4) is 0 Å². The summed E-state index contributed by atoms with van der Waals surface area (Å²) >= 11 is 2.14. The first-order valence-corrected chi connectivity index (χ1v) is 8.42. The van der Waals surface area contributed by atoms with Gasteiger partial charge >= 0.3 is 0 Å². The van der Waals surface area contributed by atoms with E-state index < -0.39 is 0 Å². The highest BCUT2D eigenvalue weighted by atomic mass is 32.2. The molecule has 3 atom stereocenters. The van der Waals surface area contributed by atoms with Crippen LogP contribution in [0.4, 0.5) is 0 Å². The highest BCUT2D eigenvalue weighted by Crippen LogP contribution is 2.45. The highest BCUT2D eigenvalue weighted by molar-refractivity contribution is 8.00. The van der Waals surface area contributed by atoms with Gasteiger partial charge in [0.15, 0.2) is 0 Å². The molecule has 1 heterocycles. The van der Waals surface area contributed by atoms with Crippen molar-refractivity contribution >= 4 is 11.8 Å². The van der Waals surface area contributed by atoms with Crippen LogP contribution in [-0.4, -0.2) is 40.6 Å². The number of hydrogen-bond acceptors (Lipinski definition) is 3. The van der Waals surface area contributed by atoms with Crippen molar-refractivity contribution in [2.45, 2.75) is 69.4 Å². The maximum atomic E-state index is 6.23. The fraction of sp³-hybridized carbons (Fsp3) is 1.00. The van der Waals surface area contributed by atoms with Gasteiger partial charge in [0.25, 0.3) is 0 Å². The standard InChI is InChI=1S/C15H30N2S/c1-12-8-17(9-13(2)18-12)15(11-16)7-5-6-14(3,4)10-15/h12-13H,5-11,16H2,1-4H3. The summed E-state index contributed by atoms with van der Waals surface area (Å²) in [5, 5.41) is 1.50. The fourth-order valence-corrected chi connectivity index (χ4v) is 5.43. The Bertz CT molecular complexity index is 282. The van der Waals surface area contributed by atoms with Gasteiger partial charge < -0.3 is 5.73 Å². The minimum absolute atomic E-state index is 0.283. The van der Waals surface area contributed by atoms with Crippen molar-refractivity contribution in [3.63, 3.8) is 0 Å². The van der Waals surface area contributed by atoms with Gasteiger partial charge in [0.2, 0.25) is 0 Å². The first kappa shape index (κ1) is 14.7. The summed E-state index contributed by atoms with van der Waals surface area (Å²) in [5.41, 5.74) is 6.98. The molecule has 0 aromatic carbocycles. The Kier molecular flexibility index (Phi) is 4.35. The highest BCUT2D eigenvalue weighted by Gasteiger charge is 2.44. The molecule has 18 heavy (non-hydrogen) atoms.